The Labute approximate surface area is 198 Å². The fraction of sp³-hybridized carbons (Fsp3) is 0.400. The Morgan fingerprint density at radius 1 is 1.12 bits per heavy atom. The number of nitrogens with zero attached hydrogens (tertiary/aromatic N) is 2. The van der Waals surface area contributed by atoms with Gasteiger partial charge in [0.05, 0.1) is 32.3 Å². The van der Waals surface area contributed by atoms with Gasteiger partial charge >= 0.3 is 12.0 Å². The van der Waals surface area contributed by atoms with Gasteiger partial charge in [0.2, 0.25) is 0 Å². The van der Waals surface area contributed by atoms with Crippen molar-refractivity contribution in [2.75, 3.05) is 32.9 Å². The topological polar surface area (TPSA) is 97.7 Å². The van der Waals surface area contributed by atoms with Gasteiger partial charge in [-0.25, -0.2) is 4.79 Å². The quantitative estimate of drug-likeness (QED) is 0.326. The number of carboxylic acids is 1. The van der Waals surface area contributed by atoms with Crippen molar-refractivity contribution in [1.29, 1.82) is 0 Å². The first-order valence-corrected chi connectivity index (χ1v) is 11.9. The molecule has 1 aliphatic heterocycles. The normalized spacial score (nSPS) is 20.6. The van der Waals surface area contributed by atoms with Gasteiger partial charge in [-0.05, 0) is 44.0 Å². The van der Waals surface area contributed by atoms with E-state index in [0.717, 1.165) is 4.90 Å². The molecule has 33 heavy (non-hydrogen) atoms. The summed E-state index contributed by atoms with van der Waals surface area (Å²) in [7, 11) is 3.23. The Morgan fingerprint density at radius 3 is 2.27 bits per heavy atom. The van der Waals surface area contributed by atoms with E-state index in [1.165, 1.54) is 18.7 Å². The van der Waals surface area contributed by atoms with Crippen LogP contribution in [-0.2, 0) is 4.79 Å². The number of urea groups is 1. The van der Waals surface area contributed by atoms with Crippen LogP contribution in [0.5, 0.6) is 0 Å². The summed E-state index contributed by atoms with van der Waals surface area (Å²) in [6, 6.07) is 16.0. The summed E-state index contributed by atoms with van der Waals surface area (Å²) in [6.07, 6.45) is 0.934. The van der Waals surface area contributed by atoms with E-state index in [1.54, 1.807) is 43.3 Å². The van der Waals surface area contributed by atoms with E-state index in [9.17, 15) is 24.6 Å². The zero-order chi connectivity index (χ0) is 24.2. The Morgan fingerprint density at radius 2 is 1.73 bits per heavy atom. The van der Waals surface area contributed by atoms with Crippen molar-refractivity contribution < 1.29 is 29.1 Å². The second-order valence-corrected chi connectivity index (χ2v) is 10.1. The van der Waals surface area contributed by atoms with Crippen molar-refractivity contribution in [3.05, 3.63) is 65.7 Å². The molecule has 2 atom stereocenters. The van der Waals surface area contributed by atoms with Gasteiger partial charge in [-0.1, -0.05) is 30.3 Å². The number of hydrogen-bond acceptors (Lipinski definition) is 5. The smallest absolute Gasteiger partial charge is 0.418 e. The number of carboxylic acid groups (broad SMARTS) is 1. The van der Waals surface area contributed by atoms with Gasteiger partial charge in [-0.15, -0.1) is 11.8 Å². The second-order valence-electron chi connectivity index (χ2n) is 9.04. The van der Waals surface area contributed by atoms with Crippen LogP contribution < -0.4 is 5.11 Å². The predicted molar refractivity (Wildman–Crippen MR) is 125 cm³/mol. The summed E-state index contributed by atoms with van der Waals surface area (Å²) in [4.78, 5) is 39.2. The third-order valence-corrected chi connectivity index (χ3v) is 7.52. The lowest BCUT2D eigenvalue weighted by Gasteiger charge is -2.41. The molecule has 0 aromatic heterocycles. The standard InChI is InChI=1S/C25H30N2O5S/c1-25(32)17-26(24(31)27(25,2)3)15-7-10-20(23(29)30)16-33-21-13-11-19(12-14-21)22(28)18-8-5-4-6-9-18/h4-6,8-9,11-14,20H,7,10,15-17H2,1-3H3,(H,29,30). The molecule has 0 saturated carbocycles. The molecule has 0 aliphatic carbocycles. The van der Waals surface area contributed by atoms with E-state index in [-0.39, 0.29) is 22.8 Å². The maximum Gasteiger partial charge on any atom is 0.418 e. The highest BCUT2D eigenvalue weighted by Crippen LogP contribution is 2.28. The molecule has 8 heteroatoms. The number of rotatable bonds is 10. The van der Waals surface area contributed by atoms with Gasteiger partial charge in [-0.2, -0.15) is 0 Å². The van der Waals surface area contributed by atoms with E-state index >= 15 is 0 Å². The number of amides is 2. The number of benzene rings is 2. The largest absolute Gasteiger partial charge is 0.802 e. The number of quaternary nitrogens is 1. The first kappa shape index (κ1) is 25.0. The van der Waals surface area contributed by atoms with Crippen molar-refractivity contribution in [2.45, 2.75) is 30.4 Å². The molecule has 7 nitrogen and oxygen atoms in total. The number of carbonyl (C=O) groups excluding carboxylic acids is 2. The Bertz CT molecular complexity index is 1010. The van der Waals surface area contributed by atoms with Gasteiger partial charge in [0.1, 0.15) is 0 Å². The van der Waals surface area contributed by atoms with E-state index in [2.05, 4.69) is 0 Å². The molecule has 1 saturated heterocycles. The average molecular weight is 471 g/mol. The van der Waals surface area contributed by atoms with Crippen molar-refractivity contribution in [2.24, 2.45) is 5.92 Å². The molecule has 0 radical (unpaired) electrons. The SMILES string of the molecule is CC1([O-])CN(CCCC(CSc2ccc(C(=O)c3ccccc3)cc2)C(=O)O)C(=O)[N+]1(C)C. The van der Waals surface area contributed by atoms with Crippen LogP contribution in [0.4, 0.5) is 4.79 Å². The van der Waals surface area contributed by atoms with Crippen LogP contribution in [-0.4, -0.2) is 70.9 Å². The van der Waals surface area contributed by atoms with Gasteiger partial charge in [0.25, 0.3) is 0 Å². The highest BCUT2D eigenvalue weighted by molar-refractivity contribution is 7.99. The monoisotopic (exact) mass is 470 g/mol. The first-order chi connectivity index (χ1) is 15.5. The molecule has 2 aromatic rings. The number of ketones is 1. The van der Waals surface area contributed by atoms with Crippen molar-refractivity contribution in [1.82, 2.24) is 4.90 Å². The van der Waals surface area contributed by atoms with Crippen molar-refractivity contribution in [3.63, 3.8) is 0 Å². The van der Waals surface area contributed by atoms with E-state index in [4.69, 9.17) is 0 Å². The van der Waals surface area contributed by atoms with E-state index < -0.39 is 17.6 Å². The summed E-state index contributed by atoms with van der Waals surface area (Å²) in [5.41, 5.74) is -0.199. The van der Waals surface area contributed by atoms with Crippen molar-refractivity contribution >= 4 is 29.5 Å². The highest BCUT2D eigenvalue weighted by Gasteiger charge is 2.49. The fourth-order valence-corrected chi connectivity index (χ4v) is 4.82. The maximum atomic E-state index is 12.6. The number of hydrogen-bond donors (Lipinski definition) is 1. The number of likely N-dealkylation sites (N-methyl/N-ethyl adjacent to an activating group) is 1. The lowest BCUT2D eigenvalue weighted by atomic mass is 10.0. The lowest BCUT2D eigenvalue weighted by molar-refractivity contribution is -0.945. The van der Waals surface area contributed by atoms with Gasteiger partial charge in [0, 0.05) is 28.3 Å². The summed E-state index contributed by atoms with van der Waals surface area (Å²) >= 11 is 1.43. The molecule has 2 aromatic carbocycles. The number of thioether (sulfide) groups is 1. The second kappa shape index (κ2) is 10.1. The lowest BCUT2D eigenvalue weighted by Crippen LogP contribution is -2.64. The van der Waals surface area contributed by atoms with E-state index in [0.29, 0.717) is 36.3 Å². The van der Waals surface area contributed by atoms with Crippen LogP contribution in [0.1, 0.15) is 35.7 Å². The third-order valence-electron chi connectivity index (χ3n) is 6.35. The fourth-order valence-electron chi connectivity index (χ4n) is 3.79. The summed E-state index contributed by atoms with van der Waals surface area (Å²) < 4.78 is -0.242. The average Bonchev–Trinajstić information content (AvgIpc) is 2.94. The highest BCUT2D eigenvalue weighted by atomic mass is 32.2. The van der Waals surface area contributed by atoms with Crippen LogP contribution in [0.3, 0.4) is 0 Å². The zero-order valence-corrected chi connectivity index (χ0v) is 20.0. The molecular formula is C25H30N2O5S. The molecule has 0 spiro atoms. The molecule has 3 rings (SSSR count). The Balaban J connectivity index is 1.51. The summed E-state index contributed by atoms with van der Waals surface area (Å²) in [5.74, 6) is -1.12. The van der Waals surface area contributed by atoms with Gasteiger partial charge in [0.15, 0.2) is 5.78 Å². The summed E-state index contributed by atoms with van der Waals surface area (Å²) in [5, 5.41) is 22.2. The maximum absolute atomic E-state index is 12.6. The van der Waals surface area contributed by atoms with Gasteiger partial charge in [-0.3, -0.25) is 19.0 Å². The molecular weight excluding hydrogens is 440 g/mol. The molecule has 1 aliphatic rings. The van der Waals surface area contributed by atoms with Crippen LogP contribution in [0.15, 0.2) is 59.5 Å². The molecule has 2 unspecified atom stereocenters. The number of carbonyl (C=O) groups is 3. The molecule has 1 N–H and O–H groups in total. The molecule has 176 valence electrons. The van der Waals surface area contributed by atoms with Crippen LogP contribution in [0.2, 0.25) is 0 Å². The molecule has 0 bridgehead atoms. The Kier molecular flexibility index (Phi) is 7.62. The van der Waals surface area contributed by atoms with Crippen LogP contribution in [0.25, 0.3) is 0 Å². The number of aliphatic carboxylic acids is 1. The zero-order valence-electron chi connectivity index (χ0n) is 19.2. The molecule has 1 fully saturated rings. The minimum absolute atomic E-state index is 0.0528. The van der Waals surface area contributed by atoms with E-state index in [1.807, 2.05) is 30.3 Å². The summed E-state index contributed by atoms with van der Waals surface area (Å²) in [6.45, 7) is 2.03. The molecule has 1 heterocycles. The minimum atomic E-state index is -1.41. The van der Waals surface area contributed by atoms with Gasteiger partial charge < -0.3 is 10.2 Å². The predicted octanol–water partition coefficient (Wildman–Crippen LogP) is 3.08. The Hall–Kier alpha value is -2.68. The first-order valence-electron chi connectivity index (χ1n) is 10.9. The third kappa shape index (κ3) is 5.63. The minimum Gasteiger partial charge on any atom is -0.802 e. The van der Waals surface area contributed by atoms with Crippen molar-refractivity contribution in [3.8, 4) is 0 Å². The molecule has 2 amide bonds. The van der Waals surface area contributed by atoms with Crippen LogP contribution >= 0.6 is 11.8 Å². The van der Waals surface area contributed by atoms with Crippen LogP contribution in [0, 0.1) is 5.92 Å².